The highest BCUT2D eigenvalue weighted by atomic mass is 16.5. The maximum Gasteiger partial charge on any atom is 0.412 e. The highest BCUT2D eigenvalue weighted by molar-refractivity contribution is 5.88. The minimum atomic E-state index is -0.749. The van der Waals surface area contributed by atoms with E-state index in [4.69, 9.17) is 4.74 Å². The van der Waals surface area contributed by atoms with E-state index in [1.165, 1.54) is 18.2 Å². The third kappa shape index (κ3) is 3.38. The largest absolute Gasteiger partial charge is 0.506 e. The number of phenols is 2. The number of rotatable bonds is 3. The fourth-order valence-corrected chi connectivity index (χ4v) is 1.52. The van der Waals surface area contributed by atoms with Gasteiger partial charge in [0.05, 0.1) is 0 Å². The van der Waals surface area contributed by atoms with Crippen LogP contribution >= 0.6 is 0 Å². The zero-order valence-corrected chi connectivity index (χ0v) is 10.0. The van der Waals surface area contributed by atoms with Crippen molar-refractivity contribution in [2.24, 2.45) is 0 Å². The molecule has 2 aromatic carbocycles. The SMILES string of the molecule is O=C(Nc1c(O)cccc1O)OCc1ccccc1. The predicted octanol–water partition coefficient (Wildman–Crippen LogP) is 2.85. The molecule has 0 fully saturated rings. The highest BCUT2D eigenvalue weighted by Crippen LogP contribution is 2.32. The van der Waals surface area contributed by atoms with Gasteiger partial charge >= 0.3 is 6.09 Å². The molecule has 0 aliphatic heterocycles. The third-order valence-electron chi connectivity index (χ3n) is 2.46. The molecule has 0 radical (unpaired) electrons. The molecule has 98 valence electrons. The van der Waals surface area contributed by atoms with Crippen molar-refractivity contribution in [1.82, 2.24) is 0 Å². The molecule has 0 aliphatic carbocycles. The van der Waals surface area contributed by atoms with Crippen molar-refractivity contribution in [3.63, 3.8) is 0 Å². The predicted molar refractivity (Wildman–Crippen MR) is 70.0 cm³/mol. The van der Waals surface area contributed by atoms with Crippen LogP contribution in [0.15, 0.2) is 48.5 Å². The number of ether oxygens (including phenoxy) is 1. The summed E-state index contributed by atoms with van der Waals surface area (Å²) in [5.41, 5.74) is 0.778. The van der Waals surface area contributed by atoms with Gasteiger partial charge in [0, 0.05) is 0 Å². The Hall–Kier alpha value is -2.69. The molecule has 1 amide bonds. The Morgan fingerprint density at radius 3 is 2.26 bits per heavy atom. The number of anilines is 1. The summed E-state index contributed by atoms with van der Waals surface area (Å²) >= 11 is 0. The van der Waals surface area contributed by atoms with E-state index in [1.54, 1.807) is 0 Å². The first-order chi connectivity index (χ1) is 9.16. The lowest BCUT2D eigenvalue weighted by molar-refractivity contribution is 0.155. The highest BCUT2D eigenvalue weighted by Gasteiger charge is 2.11. The average molecular weight is 259 g/mol. The Bertz CT molecular complexity index is 549. The van der Waals surface area contributed by atoms with E-state index < -0.39 is 6.09 Å². The molecular formula is C14H13NO4. The van der Waals surface area contributed by atoms with Gasteiger partial charge in [0.15, 0.2) is 0 Å². The molecule has 2 aromatic rings. The summed E-state index contributed by atoms with van der Waals surface area (Å²) in [5.74, 6) is -0.451. The number of nitrogens with one attached hydrogen (secondary N) is 1. The summed E-state index contributed by atoms with van der Waals surface area (Å²) in [6, 6.07) is 13.4. The minimum absolute atomic E-state index is 0.0689. The molecule has 0 aliphatic rings. The van der Waals surface area contributed by atoms with Crippen LogP contribution in [0.1, 0.15) is 5.56 Å². The zero-order chi connectivity index (χ0) is 13.7. The lowest BCUT2D eigenvalue weighted by Gasteiger charge is -2.09. The van der Waals surface area contributed by atoms with Gasteiger partial charge in [-0.05, 0) is 17.7 Å². The van der Waals surface area contributed by atoms with Crippen LogP contribution in [-0.2, 0) is 11.3 Å². The summed E-state index contributed by atoms with van der Waals surface area (Å²) in [5, 5.41) is 21.3. The van der Waals surface area contributed by atoms with Crippen LogP contribution in [0.4, 0.5) is 10.5 Å². The standard InChI is InChI=1S/C14H13NO4/c16-11-7-4-8-12(17)13(11)15-14(18)19-9-10-5-2-1-3-6-10/h1-8,16-17H,9H2,(H,15,18). The smallest absolute Gasteiger partial charge is 0.412 e. The van der Waals surface area contributed by atoms with Crippen molar-refractivity contribution in [1.29, 1.82) is 0 Å². The molecule has 0 spiro atoms. The van der Waals surface area contributed by atoms with Gasteiger partial charge in [-0.15, -0.1) is 0 Å². The van der Waals surface area contributed by atoms with E-state index in [2.05, 4.69) is 5.32 Å². The summed E-state index contributed by atoms with van der Waals surface area (Å²) in [6.45, 7) is 0.112. The van der Waals surface area contributed by atoms with Gasteiger partial charge < -0.3 is 14.9 Å². The summed E-state index contributed by atoms with van der Waals surface area (Å²) in [6.07, 6.45) is -0.749. The van der Waals surface area contributed by atoms with Crippen molar-refractivity contribution in [3.8, 4) is 11.5 Å². The van der Waals surface area contributed by atoms with Crippen LogP contribution in [-0.4, -0.2) is 16.3 Å². The number of carbonyl (C=O) groups is 1. The molecule has 0 bridgehead atoms. The van der Waals surface area contributed by atoms with E-state index in [9.17, 15) is 15.0 Å². The lowest BCUT2D eigenvalue weighted by Crippen LogP contribution is -2.13. The Kier molecular flexibility index (Phi) is 3.87. The van der Waals surface area contributed by atoms with Gasteiger partial charge in [-0.25, -0.2) is 4.79 Å². The molecule has 0 atom stereocenters. The molecule has 0 heterocycles. The van der Waals surface area contributed by atoms with Gasteiger partial charge in [-0.2, -0.15) is 0 Å². The van der Waals surface area contributed by atoms with Crippen molar-refractivity contribution < 1.29 is 19.7 Å². The van der Waals surface area contributed by atoms with Crippen LogP contribution in [0, 0.1) is 0 Å². The van der Waals surface area contributed by atoms with Crippen molar-refractivity contribution >= 4 is 11.8 Å². The first kappa shape index (κ1) is 12.8. The van der Waals surface area contributed by atoms with Crippen LogP contribution in [0.25, 0.3) is 0 Å². The maximum absolute atomic E-state index is 11.5. The van der Waals surface area contributed by atoms with Gasteiger partial charge in [0.2, 0.25) is 0 Å². The number of phenolic OH excluding ortho intramolecular Hbond substituents is 2. The van der Waals surface area contributed by atoms with E-state index in [0.717, 1.165) is 5.56 Å². The molecule has 2 rings (SSSR count). The van der Waals surface area contributed by atoms with Gasteiger partial charge in [-0.1, -0.05) is 36.4 Å². The lowest BCUT2D eigenvalue weighted by atomic mass is 10.2. The molecule has 5 nitrogen and oxygen atoms in total. The Morgan fingerprint density at radius 1 is 1.00 bits per heavy atom. The van der Waals surface area contributed by atoms with Crippen molar-refractivity contribution in [2.45, 2.75) is 6.61 Å². The molecule has 3 N–H and O–H groups in total. The van der Waals surface area contributed by atoms with Crippen molar-refractivity contribution in [2.75, 3.05) is 5.32 Å². The Labute approximate surface area is 110 Å². The van der Waals surface area contributed by atoms with E-state index in [-0.39, 0.29) is 23.8 Å². The van der Waals surface area contributed by atoms with E-state index >= 15 is 0 Å². The molecule has 0 saturated heterocycles. The number of hydrogen-bond donors (Lipinski definition) is 3. The topological polar surface area (TPSA) is 78.8 Å². The second-order valence-electron chi connectivity index (χ2n) is 3.86. The number of amides is 1. The number of benzene rings is 2. The van der Waals surface area contributed by atoms with Crippen molar-refractivity contribution in [3.05, 3.63) is 54.1 Å². The van der Waals surface area contributed by atoms with E-state index in [1.807, 2.05) is 30.3 Å². The number of carbonyl (C=O) groups excluding carboxylic acids is 1. The number of hydrogen-bond acceptors (Lipinski definition) is 4. The quantitative estimate of drug-likeness (QED) is 0.740. The molecule has 0 aromatic heterocycles. The van der Waals surface area contributed by atoms with Gasteiger partial charge in [-0.3, -0.25) is 5.32 Å². The first-order valence-corrected chi connectivity index (χ1v) is 5.65. The number of para-hydroxylation sites is 1. The fourth-order valence-electron chi connectivity index (χ4n) is 1.52. The minimum Gasteiger partial charge on any atom is -0.506 e. The monoisotopic (exact) mass is 259 g/mol. The third-order valence-corrected chi connectivity index (χ3v) is 2.46. The molecule has 5 heteroatoms. The second kappa shape index (κ2) is 5.77. The summed E-state index contributed by atoms with van der Waals surface area (Å²) in [7, 11) is 0. The summed E-state index contributed by atoms with van der Waals surface area (Å²) in [4.78, 5) is 11.5. The molecule has 19 heavy (non-hydrogen) atoms. The Balaban J connectivity index is 1.95. The molecular weight excluding hydrogens is 246 g/mol. The van der Waals surface area contributed by atoms with Gasteiger partial charge in [0.1, 0.15) is 23.8 Å². The van der Waals surface area contributed by atoms with Gasteiger partial charge in [0.25, 0.3) is 0 Å². The van der Waals surface area contributed by atoms with Crippen LogP contribution in [0.3, 0.4) is 0 Å². The Morgan fingerprint density at radius 2 is 1.63 bits per heavy atom. The van der Waals surface area contributed by atoms with Crippen LogP contribution < -0.4 is 5.32 Å². The summed E-state index contributed by atoms with van der Waals surface area (Å²) < 4.78 is 4.97. The number of aromatic hydroxyl groups is 2. The van der Waals surface area contributed by atoms with Crippen LogP contribution in [0.2, 0.25) is 0 Å². The normalized spacial score (nSPS) is 9.89. The van der Waals surface area contributed by atoms with E-state index in [0.29, 0.717) is 0 Å². The molecule has 0 unspecified atom stereocenters. The second-order valence-corrected chi connectivity index (χ2v) is 3.86. The zero-order valence-electron chi connectivity index (χ0n) is 10.0. The van der Waals surface area contributed by atoms with Crippen LogP contribution in [0.5, 0.6) is 11.5 Å². The average Bonchev–Trinajstić information content (AvgIpc) is 2.42. The maximum atomic E-state index is 11.5. The fraction of sp³-hybridized carbons (Fsp3) is 0.0714. The molecule has 0 saturated carbocycles. The first-order valence-electron chi connectivity index (χ1n) is 5.65.